The Morgan fingerprint density at radius 2 is 2.04 bits per heavy atom. The molecule has 0 radical (unpaired) electrons. The second-order valence-electron chi connectivity index (χ2n) is 6.48. The molecule has 8 heteroatoms. The van der Waals surface area contributed by atoms with Gasteiger partial charge in [-0.05, 0) is 44.6 Å². The summed E-state index contributed by atoms with van der Waals surface area (Å²) in [5, 5.41) is 5.07. The predicted octanol–water partition coefficient (Wildman–Crippen LogP) is 1.28. The van der Waals surface area contributed by atoms with E-state index in [4.69, 9.17) is 5.14 Å². The number of benzene rings is 1. The highest BCUT2D eigenvalue weighted by Gasteiger charge is 2.36. The van der Waals surface area contributed by atoms with Gasteiger partial charge in [0, 0.05) is 19.1 Å². The van der Waals surface area contributed by atoms with Crippen molar-refractivity contribution in [2.75, 3.05) is 27.2 Å². The van der Waals surface area contributed by atoms with E-state index in [-0.39, 0.29) is 16.5 Å². The first-order chi connectivity index (χ1) is 11.1. The van der Waals surface area contributed by atoms with Crippen LogP contribution in [-0.4, -0.2) is 57.4 Å². The molecule has 1 amide bonds. The standard InChI is InChI=1S/C16H24FN3O3S/c1-4-5-11-9-20(10-15(11)19(2)3)16(21)13-8-12(24(18,22)23)6-7-14(13)17/h6-8,11,15H,4-5,9-10H2,1-3H3,(H2,18,22,23)/t11-,15-/m1/s1. The Bertz CT molecular complexity index is 721. The van der Waals surface area contributed by atoms with E-state index in [2.05, 4.69) is 11.8 Å². The average molecular weight is 357 g/mol. The predicted molar refractivity (Wildman–Crippen MR) is 89.5 cm³/mol. The highest BCUT2D eigenvalue weighted by molar-refractivity contribution is 7.89. The SMILES string of the molecule is CCC[C@@H]1CN(C(=O)c2cc(S(N)(=O)=O)ccc2F)C[C@H]1N(C)C. The summed E-state index contributed by atoms with van der Waals surface area (Å²) < 4.78 is 37.0. The second-order valence-corrected chi connectivity index (χ2v) is 8.04. The average Bonchev–Trinajstić information content (AvgIpc) is 2.90. The summed E-state index contributed by atoms with van der Waals surface area (Å²) in [6.45, 7) is 3.12. The van der Waals surface area contributed by atoms with Crippen LogP contribution in [0.4, 0.5) is 4.39 Å². The van der Waals surface area contributed by atoms with Gasteiger partial charge in [0.15, 0.2) is 0 Å². The summed E-state index contributed by atoms with van der Waals surface area (Å²) in [5.41, 5.74) is -0.254. The van der Waals surface area contributed by atoms with E-state index in [9.17, 15) is 17.6 Å². The maximum atomic E-state index is 14.1. The molecule has 1 aromatic carbocycles. The lowest BCUT2D eigenvalue weighted by Crippen LogP contribution is -2.36. The van der Waals surface area contributed by atoms with Crippen LogP contribution in [0.25, 0.3) is 0 Å². The minimum absolute atomic E-state index is 0.207. The minimum Gasteiger partial charge on any atom is -0.337 e. The lowest BCUT2D eigenvalue weighted by Gasteiger charge is -2.24. The van der Waals surface area contributed by atoms with Crippen molar-refractivity contribution in [1.29, 1.82) is 0 Å². The first-order valence-electron chi connectivity index (χ1n) is 7.93. The molecule has 0 aromatic heterocycles. The molecular weight excluding hydrogens is 333 g/mol. The van der Waals surface area contributed by atoms with E-state index in [0.29, 0.717) is 19.0 Å². The highest BCUT2D eigenvalue weighted by Crippen LogP contribution is 2.27. The molecule has 0 bridgehead atoms. The van der Waals surface area contributed by atoms with Crippen molar-refractivity contribution in [2.45, 2.75) is 30.7 Å². The topological polar surface area (TPSA) is 83.7 Å². The number of nitrogens with two attached hydrogens (primary N) is 1. The molecular formula is C16H24FN3O3S. The number of rotatable bonds is 5. The molecule has 1 heterocycles. The number of primary sulfonamides is 1. The fraction of sp³-hybridized carbons (Fsp3) is 0.562. The minimum atomic E-state index is -3.99. The summed E-state index contributed by atoms with van der Waals surface area (Å²) in [7, 11) is -0.0647. The summed E-state index contributed by atoms with van der Waals surface area (Å²) in [4.78, 5) is 16.1. The van der Waals surface area contributed by atoms with E-state index in [1.807, 2.05) is 14.1 Å². The van der Waals surface area contributed by atoms with Gasteiger partial charge in [0.05, 0.1) is 10.5 Å². The lowest BCUT2D eigenvalue weighted by atomic mass is 9.98. The number of carbonyl (C=O) groups is 1. The first kappa shape index (κ1) is 18.8. The zero-order chi connectivity index (χ0) is 18.1. The Morgan fingerprint density at radius 1 is 1.38 bits per heavy atom. The molecule has 1 aliphatic rings. The number of amides is 1. The molecule has 1 aliphatic heterocycles. The largest absolute Gasteiger partial charge is 0.337 e. The Labute approximate surface area is 142 Å². The molecule has 0 saturated carbocycles. The van der Waals surface area contributed by atoms with Crippen LogP contribution in [0.2, 0.25) is 0 Å². The van der Waals surface area contributed by atoms with E-state index < -0.39 is 21.7 Å². The zero-order valence-corrected chi connectivity index (χ0v) is 15.0. The number of likely N-dealkylation sites (N-methyl/N-ethyl adjacent to an activating group) is 1. The summed E-state index contributed by atoms with van der Waals surface area (Å²) >= 11 is 0. The van der Waals surface area contributed by atoms with Gasteiger partial charge in [-0.3, -0.25) is 4.79 Å². The molecule has 6 nitrogen and oxygen atoms in total. The molecule has 0 aliphatic carbocycles. The quantitative estimate of drug-likeness (QED) is 0.860. The second kappa shape index (κ2) is 7.16. The van der Waals surface area contributed by atoms with E-state index in [1.54, 1.807) is 4.90 Å². The molecule has 2 N–H and O–H groups in total. The monoisotopic (exact) mass is 357 g/mol. The number of hydrogen-bond donors (Lipinski definition) is 1. The lowest BCUT2D eigenvalue weighted by molar-refractivity contribution is 0.0776. The third-order valence-corrected chi connectivity index (χ3v) is 5.42. The van der Waals surface area contributed by atoms with Crippen LogP contribution in [0.3, 0.4) is 0 Å². The maximum Gasteiger partial charge on any atom is 0.256 e. The van der Waals surface area contributed by atoms with Crippen LogP contribution in [0.5, 0.6) is 0 Å². The fourth-order valence-corrected chi connectivity index (χ4v) is 3.81. The summed E-state index contributed by atoms with van der Waals surface area (Å²) in [5.74, 6) is -0.922. The molecule has 1 fully saturated rings. The number of nitrogens with zero attached hydrogens (tertiary/aromatic N) is 2. The van der Waals surface area contributed by atoms with Crippen molar-refractivity contribution in [3.05, 3.63) is 29.6 Å². The number of hydrogen-bond acceptors (Lipinski definition) is 4. The molecule has 0 unspecified atom stereocenters. The van der Waals surface area contributed by atoms with Gasteiger partial charge in [-0.2, -0.15) is 0 Å². The van der Waals surface area contributed by atoms with Gasteiger partial charge in [-0.15, -0.1) is 0 Å². The van der Waals surface area contributed by atoms with Crippen LogP contribution >= 0.6 is 0 Å². The fourth-order valence-electron chi connectivity index (χ4n) is 3.27. The van der Waals surface area contributed by atoms with Gasteiger partial charge < -0.3 is 9.80 Å². The van der Waals surface area contributed by atoms with Crippen molar-refractivity contribution in [2.24, 2.45) is 11.1 Å². The third kappa shape index (κ3) is 3.93. The van der Waals surface area contributed by atoms with Gasteiger partial charge in [-0.1, -0.05) is 13.3 Å². The Kier molecular flexibility index (Phi) is 5.62. The maximum absolute atomic E-state index is 14.1. The van der Waals surface area contributed by atoms with Crippen LogP contribution in [0, 0.1) is 11.7 Å². The van der Waals surface area contributed by atoms with E-state index in [1.165, 1.54) is 0 Å². The molecule has 0 spiro atoms. The van der Waals surface area contributed by atoms with Crippen LogP contribution in [0.15, 0.2) is 23.1 Å². The molecule has 2 atom stereocenters. The number of carbonyl (C=O) groups excluding carboxylic acids is 1. The van der Waals surface area contributed by atoms with Crippen molar-refractivity contribution in [3.8, 4) is 0 Å². The van der Waals surface area contributed by atoms with E-state index >= 15 is 0 Å². The van der Waals surface area contributed by atoms with Gasteiger partial charge in [0.2, 0.25) is 10.0 Å². The van der Waals surface area contributed by atoms with Crippen LogP contribution in [0.1, 0.15) is 30.1 Å². The van der Waals surface area contributed by atoms with Gasteiger partial charge in [0.1, 0.15) is 5.82 Å². The smallest absolute Gasteiger partial charge is 0.256 e. The third-order valence-electron chi connectivity index (χ3n) is 4.51. The number of sulfonamides is 1. The van der Waals surface area contributed by atoms with E-state index in [0.717, 1.165) is 31.0 Å². The van der Waals surface area contributed by atoms with Gasteiger partial charge >= 0.3 is 0 Å². The molecule has 134 valence electrons. The molecule has 1 aromatic rings. The molecule has 2 rings (SSSR count). The van der Waals surface area contributed by atoms with Crippen LogP contribution < -0.4 is 5.14 Å². The number of likely N-dealkylation sites (tertiary alicyclic amines) is 1. The summed E-state index contributed by atoms with van der Waals surface area (Å²) in [6.07, 6.45) is 1.98. The molecule has 1 saturated heterocycles. The van der Waals surface area contributed by atoms with Crippen molar-refractivity contribution < 1.29 is 17.6 Å². The van der Waals surface area contributed by atoms with Gasteiger partial charge in [0.25, 0.3) is 5.91 Å². The van der Waals surface area contributed by atoms with Crippen molar-refractivity contribution in [3.63, 3.8) is 0 Å². The first-order valence-corrected chi connectivity index (χ1v) is 9.47. The summed E-state index contributed by atoms with van der Waals surface area (Å²) in [6, 6.07) is 3.26. The highest BCUT2D eigenvalue weighted by atomic mass is 32.2. The zero-order valence-electron chi connectivity index (χ0n) is 14.2. The van der Waals surface area contributed by atoms with Crippen LogP contribution in [-0.2, 0) is 10.0 Å². The Morgan fingerprint density at radius 3 is 2.58 bits per heavy atom. The number of halogens is 1. The Balaban J connectivity index is 2.29. The van der Waals surface area contributed by atoms with Crippen molar-refractivity contribution in [1.82, 2.24) is 9.80 Å². The normalized spacial score (nSPS) is 21.5. The Hall–Kier alpha value is -1.51. The molecule has 24 heavy (non-hydrogen) atoms. The van der Waals surface area contributed by atoms with Crippen molar-refractivity contribution >= 4 is 15.9 Å². The van der Waals surface area contributed by atoms with Gasteiger partial charge in [-0.25, -0.2) is 17.9 Å².